The van der Waals surface area contributed by atoms with Crippen LogP contribution in [0.3, 0.4) is 0 Å². The smallest absolute Gasteiger partial charge is 0.0949 e. The van der Waals surface area contributed by atoms with Crippen molar-refractivity contribution in [3.63, 3.8) is 0 Å². The van der Waals surface area contributed by atoms with Crippen molar-refractivity contribution in [1.82, 2.24) is 5.32 Å². The summed E-state index contributed by atoms with van der Waals surface area (Å²) in [5, 5.41) is 11.1. The Labute approximate surface area is 85.8 Å². The van der Waals surface area contributed by atoms with Gasteiger partial charge >= 0.3 is 0 Å². The molecule has 14 heavy (non-hydrogen) atoms. The first-order chi connectivity index (χ1) is 6.45. The van der Waals surface area contributed by atoms with Crippen molar-refractivity contribution in [3.8, 4) is 0 Å². The molecule has 0 saturated carbocycles. The van der Waals surface area contributed by atoms with Gasteiger partial charge in [0.15, 0.2) is 0 Å². The summed E-state index contributed by atoms with van der Waals surface area (Å²) in [5.41, 5.74) is 0.822. The van der Waals surface area contributed by atoms with Crippen molar-refractivity contribution in [2.75, 3.05) is 19.8 Å². The number of hydrogen-bond donors (Lipinski definition) is 2. The average molecular weight is 203 g/mol. The van der Waals surface area contributed by atoms with E-state index in [4.69, 9.17) is 9.99 Å². The Morgan fingerprint density at radius 3 is 2.57 bits per heavy atom. The monoisotopic (exact) mass is 203 g/mol. The Morgan fingerprint density at radius 1 is 1.50 bits per heavy atom. The largest absolute Gasteiger partial charge is 0.386 e. The minimum atomic E-state index is -0.403. The molecular weight excluding hydrogens is 182 g/mol. The van der Waals surface area contributed by atoms with Crippen molar-refractivity contribution >= 4 is 0 Å². The Bertz CT molecular complexity index is 173. The van der Waals surface area contributed by atoms with Gasteiger partial charge in [-0.15, -0.1) is 0 Å². The lowest BCUT2D eigenvalue weighted by molar-refractivity contribution is -0.306. The van der Waals surface area contributed by atoms with Gasteiger partial charge in [-0.1, -0.05) is 0 Å². The lowest BCUT2D eigenvalue weighted by Crippen LogP contribution is -2.15. The molecule has 0 bridgehead atoms. The van der Waals surface area contributed by atoms with Gasteiger partial charge in [-0.2, -0.15) is 0 Å². The lowest BCUT2D eigenvalue weighted by Gasteiger charge is -2.10. The molecule has 4 heteroatoms. The first-order valence-corrected chi connectivity index (χ1v) is 4.76. The zero-order valence-corrected chi connectivity index (χ0v) is 9.46. The highest BCUT2D eigenvalue weighted by Crippen LogP contribution is 2.01. The van der Waals surface area contributed by atoms with Gasteiger partial charge in [0.05, 0.1) is 18.8 Å². The molecule has 1 aliphatic rings. The number of ether oxygens (including phenoxy) is 1. The molecule has 0 aromatic rings. The summed E-state index contributed by atoms with van der Waals surface area (Å²) in [7, 11) is 0. The molecule has 0 radical (unpaired) electrons. The maximum Gasteiger partial charge on any atom is 0.0949 e. The van der Waals surface area contributed by atoms with Gasteiger partial charge in [-0.05, 0) is 33.8 Å². The van der Waals surface area contributed by atoms with Gasteiger partial charge in [-0.25, -0.2) is 4.89 Å². The molecule has 0 unspecified atom stereocenters. The molecule has 84 valence electrons. The second-order valence-electron chi connectivity index (χ2n) is 4.09. The second-order valence-corrected chi connectivity index (χ2v) is 4.09. The van der Waals surface area contributed by atoms with E-state index in [2.05, 4.69) is 17.1 Å². The van der Waals surface area contributed by atoms with E-state index < -0.39 is 5.60 Å². The molecule has 0 fully saturated rings. The standard InChI is InChI=1S/C6H11NO.C4H10O2/c1-6-2-4-8-5-3-7-6;1-4(2,3)6-5/h2,7H,3-5H2,1H3;5H,1-3H3. The molecule has 1 rings (SSSR count). The van der Waals surface area contributed by atoms with Gasteiger partial charge in [-0.3, -0.25) is 5.26 Å². The van der Waals surface area contributed by atoms with Gasteiger partial charge in [0.25, 0.3) is 0 Å². The van der Waals surface area contributed by atoms with Crippen LogP contribution in [0.15, 0.2) is 11.8 Å². The highest BCUT2D eigenvalue weighted by atomic mass is 17.1. The van der Waals surface area contributed by atoms with E-state index in [1.165, 1.54) is 5.70 Å². The zero-order valence-electron chi connectivity index (χ0n) is 9.46. The molecule has 4 nitrogen and oxygen atoms in total. The fourth-order valence-corrected chi connectivity index (χ4v) is 0.660. The molecule has 1 aliphatic heterocycles. The van der Waals surface area contributed by atoms with Crippen LogP contribution < -0.4 is 5.32 Å². The predicted molar refractivity (Wildman–Crippen MR) is 56.0 cm³/mol. The summed E-state index contributed by atoms with van der Waals surface area (Å²) in [6, 6.07) is 0. The molecule has 0 aromatic heterocycles. The van der Waals surface area contributed by atoms with E-state index in [9.17, 15) is 0 Å². The van der Waals surface area contributed by atoms with Crippen LogP contribution in [0.25, 0.3) is 0 Å². The van der Waals surface area contributed by atoms with Gasteiger partial charge in [0, 0.05) is 12.2 Å². The van der Waals surface area contributed by atoms with E-state index in [0.29, 0.717) is 0 Å². The Hall–Kier alpha value is -0.580. The van der Waals surface area contributed by atoms with Crippen molar-refractivity contribution in [2.45, 2.75) is 33.3 Å². The maximum absolute atomic E-state index is 7.90. The molecule has 0 spiro atoms. The lowest BCUT2D eigenvalue weighted by atomic mass is 10.2. The summed E-state index contributed by atoms with van der Waals surface area (Å²) in [6.07, 6.45) is 2.05. The van der Waals surface area contributed by atoms with Gasteiger partial charge in [0.2, 0.25) is 0 Å². The van der Waals surface area contributed by atoms with Crippen LogP contribution in [0.5, 0.6) is 0 Å². The molecule has 0 amide bonds. The highest BCUT2D eigenvalue weighted by Gasteiger charge is 2.06. The van der Waals surface area contributed by atoms with Gasteiger partial charge in [0.1, 0.15) is 0 Å². The average Bonchev–Trinajstić information content (AvgIpc) is 2.32. The van der Waals surface area contributed by atoms with Crippen LogP contribution >= 0.6 is 0 Å². The van der Waals surface area contributed by atoms with E-state index in [1.807, 2.05) is 6.08 Å². The summed E-state index contributed by atoms with van der Waals surface area (Å²) in [6.45, 7) is 9.90. The highest BCUT2D eigenvalue weighted by molar-refractivity contribution is 4.96. The van der Waals surface area contributed by atoms with Crippen molar-refractivity contribution < 1.29 is 14.9 Å². The molecule has 0 saturated heterocycles. The molecule has 0 atom stereocenters. The van der Waals surface area contributed by atoms with E-state index in [-0.39, 0.29) is 0 Å². The van der Waals surface area contributed by atoms with Crippen LogP contribution in [-0.2, 0) is 9.62 Å². The summed E-state index contributed by atoms with van der Waals surface area (Å²) >= 11 is 0. The number of rotatable bonds is 0. The van der Waals surface area contributed by atoms with Crippen LogP contribution in [-0.4, -0.2) is 30.6 Å². The van der Waals surface area contributed by atoms with E-state index in [0.717, 1.165) is 19.8 Å². The third-order valence-corrected chi connectivity index (χ3v) is 1.43. The predicted octanol–water partition coefficient (Wildman–Crippen LogP) is 1.78. The maximum atomic E-state index is 7.90. The number of nitrogens with one attached hydrogen (secondary N) is 1. The van der Waals surface area contributed by atoms with Crippen molar-refractivity contribution in [2.24, 2.45) is 0 Å². The van der Waals surface area contributed by atoms with Crippen molar-refractivity contribution in [3.05, 3.63) is 11.8 Å². The number of allylic oxidation sites excluding steroid dienone is 1. The van der Waals surface area contributed by atoms with E-state index in [1.54, 1.807) is 20.8 Å². The minimum absolute atomic E-state index is 0.403. The molecule has 2 N–H and O–H groups in total. The normalized spacial score (nSPS) is 17.1. The SMILES string of the molecule is CC(C)(C)OO.CC1=CCOCCN1. The molecule has 0 aromatic carbocycles. The molecule has 1 heterocycles. The third-order valence-electron chi connectivity index (χ3n) is 1.43. The zero-order chi connectivity index (χ0) is 11.0. The van der Waals surface area contributed by atoms with Crippen LogP contribution in [0.1, 0.15) is 27.7 Å². The summed E-state index contributed by atoms with van der Waals surface area (Å²) in [5.74, 6) is 0. The van der Waals surface area contributed by atoms with Crippen LogP contribution in [0.2, 0.25) is 0 Å². The Kier molecular flexibility index (Phi) is 6.53. The Morgan fingerprint density at radius 2 is 2.07 bits per heavy atom. The Balaban J connectivity index is 0.000000255. The fourth-order valence-electron chi connectivity index (χ4n) is 0.660. The minimum Gasteiger partial charge on any atom is -0.386 e. The van der Waals surface area contributed by atoms with Crippen LogP contribution in [0.4, 0.5) is 0 Å². The topological polar surface area (TPSA) is 50.7 Å². The molecule has 0 aliphatic carbocycles. The third kappa shape index (κ3) is 9.51. The van der Waals surface area contributed by atoms with Crippen LogP contribution in [0, 0.1) is 0 Å². The van der Waals surface area contributed by atoms with Crippen molar-refractivity contribution in [1.29, 1.82) is 0 Å². The van der Waals surface area contributed by atoms with E-state index >= 15 is 0 Å². The fraction of sp³-hybridized carbons (Fsp3) is 0.800. The summed E-state index contributed by atoms with van der Waals surface area (Å²) in [4.78, 5) is 3.94. The first-order valence-electron chi connectivity index (χ1n) is 4.76. The second kappa shape index (κ2) is 6.81. The quantitative estimate of drug-likeness (QED) is 0.465. The molecular formula is C10H21NO3. The first kappa shape index (κ1) is 13.4. The summed E-state index contributed by atoms with van der Waals surface area (Å²) < 4.78 is 5.13. The van der Waals surface area contributed by atoms with Gasteiger partial charge < -0.3 is 10.1 Å². The number of hydrogen-bond acceptors (Lipinski definition) is 4.